The summed E-state index contributed by atoms with van der Waals surface area (Å²) in [6.07, 6.45) is 6.92. The first-order chi connectivity index (χ1) is 11.7. The normalized spacial score (nSPS) is 15.0. The van der Waals surface area contributed by atoms with E-state index < -0.39 is 0 Å². The summed E-state index contributed by atoms with van der Waals surface area (Å²) in [5, 5.41) is 0. The summed E-state index contributed by atoms with van der Waals surface area (Å²) in [7, 11) is 1.36. The van der Waals surface area contributed by atoms with E-state index in [2.05, 4.69) is 0 Å². The van der Waals surface area contributed by atoms with Crippen LogP contribution in [0.2, 0.25) is 0 Å². The summed E-state index contributed by atoms with van der Waals surface area (Å²) in [6.45, 7) is 2.31. The van der Waals surface area contributed by atoms with Crippen LogP contribution in [-0.4, -0.2) is 43.6 Å². The minimum Gasteiger partial charge on any atom is -0.493 e. The lowest BCUT2D eigenvalue weighted by Crippen LogP contribution is -2.31. The van der Waals surface area contributed by atoms with E-state index in [1.165, 1.54) is 7.11 Å². The van der Waals surface area contributed by atoms with Crippen molar-refractivity contribution in [1.29, 1.82) is 0 Å². The number of methoxy groups -OCH3 is 1. The predicted molar refractivity (Wildman–Crippen MR) is 92.2 cm³/mol. The van der Waals surface area contributed by atoms with Crippen LogP contribution >= 0.6 is 0 Å². The van der Waals surface area contributed by atoms with Gasteiger partial charge >= 0.3 is 5.97 Å². The van der Waals surface area contributed by atoms with E-state index in [1.807, 2.05) is 11.0 Å². The average Bonchev–Trinajstić information content (AvgIpc) is 2.82. The number of likely N-dealkylation sites (tertiary alicyclic amines) is 1. The molecule has 132 valence electrons. The molecule has 1 aliphatic heterocycles. The Bertz CT molecular complexity index is 544. The molecular weight excluding hydrogens is 306 g/mol. The van der Waals surface area contributed by atoms with Gasteiger partial charge in [0.1, 0.15) is 11.3 Å². The van der Waals surface area contributed by atoms with Gasteiger partial charge in [0.05, 0.1) is 13.7 Å². The standard InChI is InChI=1S/C19H27NO4/c1-23-19(22)16-10-5-6-11-17(16)24-15-9-3-8-14-20-13-7-2-4-12-18(20)21/h5-6,10-11H,2-4,7-9,12-15H2,1H3. The van der Waals surface area contributed by atoms with Gasteiger partial charge in [-0.15, -0.1) is 0 Å². The Balaban J connectivity index is 1.66. The third-order valence-corrected chi connectivity index (χ3v) is 4.29. The summed E-state index contributed by atoms with van der Waals surface area (Å²) in [5.41, 5.74) is 0.454. The number of ether oxygens (including phenoxy) is 2. The molecule has 0 aliphatic carbocycles. The van der Waals surface area contributed by atoms with Crippen LogP contribution in [0.15, 0.2) is 24.3 Å². The van der Waals surface area contributed by atoms with Gasteiger partial charge in [-0.05, 0) is 44.2 Å². The number of carbonyl (C=O) groups excluding carboxylic acids is 2. The number of hydrogen-bond acceptors (Lipinski definition) is 4. The maximum atomic E-state index is 11.9. The van der Waals surface area contributed by atoms with Crippen LogP contribution in [0.1, 0.15) is 55.3 Å². The van der Waals surface area contributed by atoms with Crippen LogP contribution in [0.3, 0.4) is 0 Å². The molecule has 1 fully saturated rings. The van der Waals surface area contributed by atoms with Crippen molar-refractivity contribution in [2.45, 2.75) is 44.9 Å². The van der Waals surface area contributed by atoms with Gasteiger partial charge in [-0.1, -0.05) is 18.6 Å². The Kier molecular flexibility index (Phi) is 7.59. The van der Waals surface area contributed by atoms with E-state index in [4.69, 9.17) is 9.47 Å². The molecule has 1 heterocycles. The second kappa shape index (κ2) is 9.96. The van der Waals surface area contributed by atoms with Gasteiger partial charge in [-0.25, -0.2) is 4.79 Å². The zero-order valence-corrected chi connectivity index (χ0v) is 14.5. The highest BCUT2D eigenvalue weighted by molar-refractivity contribution is 5.92. The molecule has 1 amide bonds. The zero-order valence-electron chi connectivity index (χ0n) is 14.5. The van der Waals surface area contributed by atoms with Crippen LogP contribution in [0.25, 0.3) is 0 Å². The van der Waals surface area contributed by atoms with E-state index in [-0.39, 0.29) is 5.97 Å². The number of unbranched alkanes of at least 4 members (excludes halogenated alkanes) is 2. The largest absolute Gasteiger partial charge is 0.493 e. The number of hydrogen-bond donors (Lipinski definition) is 0. The maximum Gasteiger partial charge on any atom is 0.341 e. The highest BCUT2D eigenvalue weighted by atomic mass is 16.5. The first kappa shape index (κ1) is 18.3. The minimum absolute atomic E-state index is 0.302. The molecule has 2 rings (SSSR count). The van der Waals surface area contributed by atoms with Gasteiger partial charge in [0.25, 0.3) is 0 Å². The molecule has 1 aliphatic rings. The van der Waals surface area contributed by atoms with Crippen molar-refractivity contribution in [2.75, 3.05) is 26.8 Å². The molecule has 0 unspecified atom stereocenters. The van der Waals surface area contributed by atoms with Gasteiger partial charge in [-0.2, -0.15) is 0 Å². The van der Waals surface area contributed by atoms with Crippen molar-refractivity contribution in [1.82, 2.24) is 4.90 Å². The summed E-state index contributed by atoms with van der Waals surface area (Å²) in [4.78, 5) is 25.6. The molecule has 5 heteroatoms. The van der Waals surface area contributed by atoms with Crippen molar-refractivity contribution in [2.24, 2.45) is 0 Å². The van der Waals surface area contributed by atoms with E-state index in [9.17, 15) is 9.59 Å². The van der Waals surface area contributed by atoms with E-state index >= 15 is 0 Å². The van der Waals surface area contributed by atoms with Crippen LogP contribution in [-0.2, 0) is 9.53 Å². The SMILES string of the molecule is COC(=O)c1ccccc1OCCCCCN1CCCCCC1=O. The zero-order chi connectivity index (χ0) is 17.2. The Morgan fingerprint density at radius 1 is 1.12 bits per heavy atom. The first-order valence-electron chi connectivity index (χ1n) is 8.80. The fourth-order valence-electron chi connectivity index (χ4n) is 2.91. The predicted octanol–water partition coefficient (Wildman–Crippen LogP) is 3.42. The molecule has 1 aromatic carbocycles. The summed E-state index contributed by atoms with van der Waals surface area (Å²) in [5.74, 6) is 0.480. The molecule has 0 atom stereocenters. The molecule has 5 nitrogen and oxygen atoms in total. The Morgan fingerprint density at radius 3 is 2.79 bits per heavy atom. The Hall–Kier alpha value is -2.04. The molecule has 1 aromatic rings. The van der Waals surface area contributed by atoms with Crippen molar-refractivity contribution >= 4 is 11.9 Å². The third kappa shape index (κ3) is 5.55. The fourth-order valence-corrected chi connectivity index (χ4v) is 2.91. The highest BCUT2D eigenvalue weighted by Crippen LogP contribution is 2.19. The van der Waals surface area contributed by atoms with Gasteiger partial charge in [0.2, 0.25) is 5.91 Å². The van der Waals surface area contributed by atoms with Crippen LogP contribution in [0, 0.1) is 0 Å². The average molecular weight is 333 g/mol. The maximum absolute atomic E-state index is 11.9. The van der Waals surface area contributed by atoms with Gasteiger partial charge < -0.3 is 14.4 Å². The topological polar surface area (TPSA) is 55.8 Å². The van der Waals surface area contributed by atoms with Crippen LogP contribution in [0.5, 0.6) is 5.75 Å². The van der Waals surface area contributed by atoms with Crippen molar-refractivity contribution in [3.63, 3.8) is 0 Å². The van der Waals surface area contributed by atoms with Crippen LogP contribution < -0.4 is 4.74 Å². The lowest BCUT2D eigenvalue weighted by atomic mass is 10.2. The Labute approximate surface area is 143 Å². The number of nitrogens with zero attached hydrogens (tertiary/aromatic N) is 1. The molecule has 0 bridgehead atoms. The molecule has 0 aromatic heterocycles. The second-order valence-corrected chi connectivity index (χ2v) is 6.09. The molecule has 0 radical (unpaired) electrons. The number of para-hydroxylation sites is 1. The third-order valence-electron chi connectivity index (χ3n) is 4.29. The van der Waals surface area contributed by atoms with Crippen molar-refractivity contribution in [3.8, 4) is 5.75 Å². The van der Waals surface area contributed by atoms with Crippen molar-refractivity contribution < 1.29 is 19.1 Å². The highest BCUT2D eigenvalue weighted by Gasteiger charge is 2.15. The fraction of sp³-hybridized carbons (Fsp3) is 0.579. The number of esters is 1. The van der Waals surface area contributed by atoms with Crippen molar-refractivity contribution in [3.05, 3.63) is 29.8 Å². The molecular formula is C19H27NO4. The van der Waals surface area contributed by atoms with Gasteiger partial charge in [-0.3, -0.25) is 4.79 Å². The van der Waals surface area contributed by atoms with E-state index in [1.54, 1.807) is 18.2 Å². The number of benzene rings is 1. The minimum atomic E-state index is -0.384. The molecule has 1 saturated heterocycles. The van der Waals surface area contributed by atoms with Crippen LogP contribution in [0.4, 0.5) is 0 Å². The van der Waals surface area contributed by atoms with E-state index in [0.717, 1.165) is 51.6 Å². The monoisotopic (exact) mass is 333 g/mol. The Morgan fingerprint density at radius 2 is 1.96 bits per heavy atom. The quantitative estimate of drug-likeness (QED) is 0.540. The van der Waals surface area contributed by atoms with Gasteiger partial charge in [0, 0.05) is 19.5 Å². The molecule has 0 spiro atoms. The number of carbonyl (C=O) groups is 2. The lowest BCUT2D eigenvalue weighted by Gasteiger charge is -2.20. The second-order valence-electron chi connectivity index (χ2n) is 6.09. The molecule has 24 heavy (non-hydrogen) atoms. The summed E-state index contributed by atoms with van der Waals surface area (Å²) in [6, 6.07) is 7.11. The smallest absolute Gasteiger partial charge is 0.341 e. The number of rotatable bonds is 8. The summed E-state index contributed by atoms with van der Waals surface area (Å²) >= 11 is 0. The molecule has 0 N–H and O–H groups in total. The summed E-state index contributed by atoms with van der Waals surface area (Å²) < 4.78 is 10.5. The van der Waals surface area contributed by atoms with E-state index in [0.29, 0.717) is 30.2 Å². The number of amides is 1. The lowest BCUT2D eigenvalue weighted by molar-refractivity contribution is -0.130. The first-order valence-corrected chi connectivity index (χ1v) is 8.80. The molecule has 0 saturated carbocycles. The van der Waals surface area contributed by atoms with Gasteiger partial charge in [0.15, 0.2) is 0 Å².